The van der Waals surface area contributed by atoms with Gasteiger partial charge in [0.05, 0.1) is 6.42 Å². The summed E-state index contributed by atoms with van der Waals surface area (Å²) in [5.74, 6) is -2.17. The molecule has 3 N–H and O–H groups in total. The predicted octanol–water partition coefficient (Wildman–Crippen LogP) is 0.260. The molecule has 0 aromatic heterocycles. The molecule has 0 spiro atoms. The van der Waals surface area contributed by atoms with Crippen LogP contribution in [0.2, 0.25) is 0 Å². The van der Waals surface area contributed by atoms with E-state index in [1.165, 1.54) is 0 Å². The van der Waals surface area contributed by atoms with Crippen LogP contribution in [0.25, 0.3) is 0 Å². The molecule has 0 aliphatic heterocycles. The van der Waals surface area contributed by atoms with Gasteiger partial charge in [-0.05, 0) is 18.5 Å². The van der Waals surface area contributed by atoms with Crippen molar-refractivity contribution >= 4 is 20.7 Å². The molecule has 1 saturated carbocycles. The van der Waals surface area contributed by atoms with Gasteiger partial charge in [-0.3, -0.25) is 14.7 Å². The fourth-order valence-corrected chi connectivity index (χ4v) is 1.94. The zero-order valence-corrected chi connectivity index (χ0v) is 7.99. The zero-order chi connectivity index (χ0) is 9.84. The topological polar surface area (TPSA) is 86.6 Å². The average molecular weight is 205 g/mol. The van der Waals surface area contributed by atoms with Crippen LogP contribution < -0.4 is 5.09 Å². The second-order valence-corrected chi connectivity index (χ2v) is 4.45. The largest absolute Gasteiger partial charge is 0.481 e. The molecule has 0 aromatic carbocycles. The van der Waals surface area contributed by atoms with Gasteiger partial charge in [0, 0.05) is 0 Å². The van der Waals surface area contributed by atoms with Crippen LogP contribution in [0.5, 0.6) is 0 Å². The lowest BCUT2D eigenvalue weighted by Crippen LogP contribution is -2.34. The van der Waals surface area contributed by atoms with Crippen molar-refractivity contribution in [1.29, 1.82) is 0 Å². The SMILES string of the molecule is O=C(O)CC(NPC1CC1)C(=O)O. The van der Waals surface area contributed by atoms with Crippen LogP contribution in [-0.2, 0) is 9.59 Å². The summed E-state index contributed by atoms with van der Waals surface area (Å²) in [6.07, 6.45) is 1.91. The summed E-state index contributed by atoms with van der Waals surface area (Å²) < 4.78 is 0. The zero-order valence-electron chi connectivity index (χ0n) is 6.99. The molecule has 0 saturated heterocycles. The second kappa shape index (κ2) is 4.53. The number of rotatable bonds is 6. The molecule has 0 radical (unpaired) electrons. The van der Waals surface area contributed by atoms with Gasteiger partial charge in [-0.1, -0.05) is 8.73 Å². The summed E-state index contributed by atoms with van der Waals surface area (Å²) in [5, 5.41) is 19.8. The van der Waals surface area contributed by atoms with Gasteiger partial charge < -0.3 is 10.2 Å². The van der Waals surface area contributed by atoms with E-state index in [0.29, 0.717) is 14.4 Å². The number of hydrogen-bond acceptors (Lipinski definition) is 3. The van der Waals surface area contributed by atoms with Crippen molar-refractivity contribution in [2.75, 3.05) is 0 Å². The van der Waals surface area contributed by atoms with E-state index >= 15 is 0 Å². The summed E-state index contributed by atoms with van der Waals surface area (Å²) in [6, 6.07) is -0.934. The smallest absolute Gasteiger partial charge is 0.321 e. The highest BCUT2D eigenvalue weighted by Gasteiger charge is 2.26. The van der Waals surface area contributed by atoms with Crippen LogP contribution in [0.3, 0.4) is 0 Å². The first-order valence-corrected chi connectivity index (χ1v) is 5.13. The lowest BCUT2D eigenvalue weighted by atomic mass is 10.2. The fourth-order valence-electron chi connectivity index (χ4n) is 0.821. The molecule has 1 rings (SSSR count). The molecule has 0 aromatic rings. The Labute approximate surface area is 77.4 Å². The number of aliphatic carboxylic acids is 2. The number of carboxylic acid groups (broad SMARTS) is 2. The molecule has 0 amide bonds. The number of nitrogens with one attached hydrogen (secondary N) is 1. The molecule has 74 valence electrons. The molecule has 5 nitrogen and oxygen atoms in total. The average Bonchev–Trinajstić information content (AvgIpc) is 2.79. The predicted molar refractivity (Wildman–Crippen MR) is 48.1 cm³/mol. The van der Waals surface area contributed by atoms with Crippen molar-refractivity contribution in [3.63, 3.8) is 0 Å². The van der Waals surface area contributed by atoms with Crippen molar-refractivity contribution in [2.45, 2.75) is 31.0 Å². The monoisotopic (exact) mass is 205 g/mol. The summed E-state index contributed by atoms with van der Waals surface area (Å²) in [4.78, 5) is 20.8. The molecule has 2 atom stereocenters. The maximum absolute atomic E-state index is 10.5. The van der Waals surface area contributed by atoms with Crippen molar-refractivity contribution < 1.29 is 19.8 Å². The van der Waals surface area contributed by atoms with Gasteiger partial charge in [-0.2, -0.15) is 0 Å². The van der Waals surface area contributed by atoms with E-state index in [9.17, 15) is 9.59 Å². The van der Waals surface area contributed by atoms with Crippen LogP contribution in [0, 0.1) is 0 Å². The van der Waals surface area contributed by atoms with E-state index in [-0.39, 0.29) is 6.42 Å². The van der Waals surface area contributed by atoms with Gasteiger partial charge in [0.25, 0.3) is 0 Å². The van der Waals surface area contributed by atoms with Crippen molar-refractivity contribution in [3.8, 4) is 0 Å². The highest BCUT2D eigenvalue weighted by atomic mass is 31.1. The normalized spacial score (nSPS) is 19.1. The number of carbonyl (C=O) groups is 2. The molecule has 6 heteroatoms. The maximum atomic E-state index is 10.5. The van der Waals surface area contributed by atoms with Gasteiger partial charge in [0.2, 0.25) is 0 Å². The molecular weight excluding hydrogens is 193 g/mol. The second-order valence-electron chi connectivity index (χ2n) is 3.05. The van der Waals surface area contributed by atoms with E-state index in [2.05, 4.69) is 5.09 Å². The Hall–Kier alpha value is -0.670. The molecule has 1 aliphatic carbocycles. The Balaban J connectivity index is 2.27. The number of carboxylic acids is 2. The lowest BCUT2D eigenvalue weighted by molar-refractivity contribution is -0.145. The molecule has 13 heavy (non-hydrogen) atoms. The van der Waals surface area contributed by atoms with Gasteiger partial charge >= 0.3 is 11.9 Å². The van der Waals surface area contributed by atoms with E-state index in [0.717, 1.165) is 12.8 Å². The summed E-state index contributed by atoms with van der Waals surface area (Å²) >= 11 is 0. The Bertz CT molecular complexity index is 217. The van der Waals surface area contributed by atoms with Gasteiger partial charge in [0.1, 0.15) is 6.04 Å². The van der Waals surface area contributed by atoms with Crippen molar-refractivity contribution in [3.05, 3.63) is 0 Å². The third-order valence-corrected chi connectivity index (χ3v) is 3.22. The first-order valence-electron chi connectivity index (χ1n) is 4.05. The van der Waals surface area contributed by atoms with Gasteiger partial charge in [-0.15, -0.1) is 0 Å². The Morgan fingerprint density at radius 1 is 1.46 bits per heavy atom. The van der Waals surface area contributed by atoms with Crippen LogP contribution in [-0.4, -0.2) is 33.9 Å². The fraction of sp³-hybridized carbons (Fsp3) is 0.714. The quantitative estimate of drug-likeness (QED) is 0.541. The third-order valence-electron chi connectivity index (χ3n) is 1.72. The standard InChI is InChI=1S/C7H12NO4P/c9-6(10)3-5(7(11)12)8-13-4-1-2-4/h4-5,8,13H,1-3H2,(H,9,10)(H,11,12). The molecular formula is C7H12NO4P. The number of hydrogen-bond donors (Lipinski definition) is 3. The molecule has 2 unspecified atom stereocenters. The van der Waals surface area contributed by atoms with Crippen LogP contribution in [0.15, 0.2) is 0 Å². The molecule has 1 fully saturated rings. The van der Waals surface area contributed by atoms with E-state index < -0.39 is 18.0 Å². The Kier molecular flexibility index (Phi) is 3.63. The lowest BCUT2D eigenvalue weighted by Gasteiger charge is -2.10. The van der Waals surface area contributed by atoms with Gasteiger partial charge in [-0.25, -0.2) is 0 Å². The minimum absolute atomic E-state index is 0.352. The van der Waals surface area contributed by atoms with Crippen LogP contribution in [0.4, 0.5) is 0 Å². The van der Waals surface area contributed by atoms with Crippen LogP contribution in [0.1, 0.15) is 19.3 Å². The van der Waals surface area contributed by atoms with Gasteiger partial charge in [0.15, 0.2) is 0 Å². The van der Waals surface area contributed by atoms with Crippen molar-refractivity contribution in [1.82, 2.24) is 5.09 Å². The summed E-state index contributed by atoms with van der Waals surface area (Å²) in [5.41, 5.74) is 0.579. The Morgan fingerprint density at radius 2 is 2.08 bits per heavy atom. The summed E-state index contributed by atoms with van der Waals surface area (Å²) in [7, 11) is 0.378. The highest BCUT2D eigenvalue weighted by molar-refractivity contribution is 7.37. The first-order chi connectivity index (χ1) is 6.09. The van der Waals surface area contributed by atoms with E-state index in [1.54, 1.807) is 0 Å². The summed E-state index contributed by atoms with van der Waals surface area (Å²) in [6.45, 7) is 0. The molecule has 0 bridgehead atoms. The minimum Gasteiger partial charge on any atom is -0.481 e. The maximum Gasteiger partial charge on any atom is 0.321 e. The Morgan fingerprint density at radius 3 is 2.46 bits per heavy atom. The highest BCUT2D eigenvalue weighted by Crippen LogP contribution is 2.36. The first kappa shape index (κ1) is 10.4. The van der Waals surface area contributed by atoms with Crippen LogP contribution >= 0.6 is 8.73 Å². The molecule has 1 aliphatic rings. The minimum atomic E-state index is -1.09. The van der Waals surface area contributed by atoms with E-state index in [4.69, 9.17) is 10.2 Å². The van der Waals surface area contributed by atoms with Crippen molar-refractivity contribution in [2.24, 2.45) is 0 Å². The van der Waals surface area contributed by atoms with E-state index in [1.807, 2.05) is 0 Å². The molecule has 0 heterocycles. The third kappa shape index (κ3) is 4.20.